The van der Waals surface area contributed by atoms with Gasteiger partial charge in [0.25, 0.3) is 0 Å². The molecule has 5 heteroatoms. The van der Waals surface area contributed by atoms with Crippen LogP contribution in [0.15, 0.2) is 84.9 Å². The zero-order valence-corrected chi connectivity index (χ0v) is 17.7. The fourth-order valence-corrected chi connectivity index (χ4v) is 4.90. The molecule has 0 aliphatic rings. The van der Waals surface area contributed by atoms with E-state index in [1.54, 1.807) is 11.3 Å². The van der Waals surface area contributed by atoms with Gasteiger partial charge in [0.05, 0.1) is 33.5 Å². The van der Waals surface area contributed by atoms with Crippen LogP contribution in [-0.2, 0) is 0 Å². The molecule has 5 rings (SSSR count). The van der Waals surface area contributed by atoms with E-state index in [2.05, 4.69) is 24.3 Å². The number of para-hydroxylation sites is 1. The molecular weight excluding hydrogens is 412 g/mol. The number of anilines is 1. The summed E-state index contributed by atoms with van der Waals surface area (Å²) in [6.07, 6.45) is 0. The number of aromatic nitrogens is 1. The Morgan fingerprint density at radius 2 is 1.22 bits per heavy atom. The molecule has 0 radical (unpaired) electrons. The van der Waals surface area contributed by atoms with Gasteiger partial charge in [-0.1, -0.05) is 48.5 Å². The van der Waals surface area contributed by atoms with Crippen LogP contribution >= 0.6 is 11.3 Å². The predicted molar refractivity (Wildman–Crippen MR) is 130 cm³/mol. The van der Waals surface area contributed by atoms with Crippen LogP contribution in [-0.4, -0.2) is 4.98 Å². The summed E-state index contributed by atoms with van der Waals surface area (Å²) in [5.74, 6) is 0. The van der Waals surface area contributed by atoms with E-state index < -0.39 is 0 Å². The zero-order chi connectivity index (χ0) is 22.1. The minimum atomic E-state index is 0.621. The van der Waals surface area contributed by atoms with Gasteiger partial charge >= 0.3 is 0 Å². The van der Waals surface area contributed by atoms with Crippen LogP contribution in [0.4, 0.5) is 5.69 Å². The lowest BCUT2D eigenvalue weighted by Gasteiger charge is -2.08. The van der Waals surface area contributed by atoms with Gasteiger partial charge in [-0.25, -0.2) is 4.98 Å². The number of nitrogen functional groups attached to an aromatic ring is 1. The standard InChI is InChI=1S/C27H16N4S/c28-15-17-5-9-19(10-6-17)21-13-14-22(20-11-7-18(16-29)8-12-20)26-25(21)31-27(32-26)23-3-1-2-4-24(23)30/h1-14H,30H2. The van der Waals surface area contributed by atoms with Crippen molar-refractivity contribution in [3.05, 3.63) is 96.1 Å². The molecule has 0 saturated heterocycles. The number of nitrogens with two attached hydrogens (primary N) is 1. The predicted octanol–water partition coefficient (Wildman–Crippen LogP) is 6.62. The van der Waals surface area contributed by atoms with Crippen molar-refractivity contribution in [1.82, 2.24) is 4.98 Å². The molecule has 1 aromatic heterocycles. The van der Waals surface area contributed by atoms with E-state index in [4.69, 9.17) is 21.2 Å². The fraction of sp³-hybridized carbons (Fsp3) is 0. The molecule has 32 heavy (non-hydrogen) atoms. The Kier molecular flexibility index (Phi) is 4.88. The summed E-state index contributed by atoms with van der Waals surface area (Å²) in [6, 6.07) is 31.3. The van der Waals surface area contributed by atoms with Gasteiger partial charge < -0.3 is 5.73 Å². The average Bonchev–Trinajstić information content (AvgIpc) is 3.29. The maximum Gasteiger partial charge on any atom is 0.126 e. The smallest absolute Gasteiger partial charge is 0.126 e. The Morgan fingerprint density at radius 1 is 0.656 bits per heavy atom. The normalized spacial score (nSPS) is 10.6. The molecule has 150 valence electrons. The van der Waals surface area contributed by atoms with E-state index in [1.807, 2.05) is 72.8 Å². The molecule has 0 aliphatic carbocycles. The first-order valence-electron chi connectivity index (χ1n) is 9.97. The molecule has 4 aromatic carbocycles. The molecule has 0 amide bonds. The Bertz CT molecular complexity index is 1440. The van der Waals surface area contributed by atoms with Crippen LogP contribution in [0.5, 0.6) is 0 Å². The highest BCUT2D eigenvalue weighted by atomic mass is 32.1. The number of hydrogen-bond acceptors (Lipinski definition) is 5. The molecule has 2 N–H and O–H groups in total. The summed E-state index contributed by atoms with van der Waals surface area (Å²) in [4.78, 5) is 5.00. The molecule has 0 bridgehead atoms. The summed E-state index contributed by atoms with van der Waals surface area (Å²) in [5, 5.41) is 19.1. The third-order valence-corrected chi connectivity index (χ3v) is 6.51. The monoisotopic (exact) mass is 428 g/mol. The summed E-state index contributed by atoms with van der Waals surface area (Å²) in [6.45, 7) is 0. The molecular formula is C27H16N4S. The van der Waals surface area contributed by atoms with Crippen molar-refractivity contribution < 1.29 is 0 Å². The van der Waals surface area contributed by atoms with Gasteiger partial charge in [0.15, 0.2) is 0 Å². The molecule has 4 nitrogen and oxygen atoms in total. The van der Waals surface area contributed by atoms with Crippen LogP contribution in [0.2, 0.25) is 0 Å². The van der Waals surface area contributed by atoms with E-state index in [1.165, 1.54) is 0 Å². The number of hydrogen-bond donors (Lipinski definition) is 1. The quantitative estimate of drug-likeness (QED) is 0.327. The third-order valence-electron chi connectivity index (χ3n) is 5.38. The van der Waals surface area contributed by atoms with Gasteiger partial charge in [0.2, 0.25) is 0 Å². The van der Waals surface area contributed by atoms with Gasteiger partial charge in [-0.3, -0.25) is 0 Å². The van der Waals surface area contributed by atoms with E-state index in [0.29, 0.717) is 16.8 Å². The van der Waals surface area contributed by atoms with Crippen molar-refractivity contribution in [2.45, 2.75) is 0 Å². The minimum Gasteiger partial charge on any atom is -0.398 e. The number of nitrogens with zero attached hydrogens (tertiary/aromatic N) is 3. The maximum absolute atomic E-state index is 9.14. The Hall–Kier alpha value is -4.45. The first-order chi connectivity index (χ1) is 15.7. The molecule has 0 fully saturated rings. The van der Waals surface area contributed by atoms with Crippen molar-refractivity contribution in [2.75, 3.05) is 5.73 Å². The average molecular weight is 429 g/mol. The second kappa shape index (κ2) is 8.00. The summed E-state index contributed by atoms with van der Waals surface area (Å²) >= 11 is 1.60. The van der Waals surface area contributed by atoms with E-state index >= 15 is 0 Å². The van der Waals surface area contributed by atoms with Crippen molar-refractivity contribution in [3.8, 4) is 45.0 Å². The van der Waals surface area contributed by atoms with Crippen LogP contribution in [0.25, 0.3) is 43.0 Å². The molecule has 0 aliphatic heterocycles. The van der Waals surface area contributed by atoms with Gasteiger partial charge in [-0.15, -0.1) is 11.3 Å². The highest BCUT2D eigenvalue weighted by molar-refractivity contribution is 7.22. The first kappa shape index (κ1) is 19.5. The van der Waals surface area contributed by atoms with Crippen molar-refractivity contribution >= 4 is 27.2 Å². The Balaban J connectivity index is 1.76. The summed E-state index contributed by atoms with van der Waals surface area (Å²) in [7, 11) is 0. The fourth-order valence-electron chi connectivity index (χ4n) is 3.72. The third kappa shape index (κ3) is 3.37. The van der Waals surface area contributed by atoms with E-state index in [9.17, 15) is 0 Å². The van der Waals surface area contributed by atoms with Crippen LogP contribution in [0.3, 0.4) is 0 Å². The van der Waals surface area contributed by atoms with Crippen LogP contribution in [0, 0.1) is 22.7 Å². The molecule has 1 heterocycles. The van der Waals surface area contributed by atoms with Crippen LogP contribution < -0.4 is 5.73 Å². The second-order valence-corrected chi connectivity index (χ2v) is 8.32. The molecule has 5 aromatic rings. The minimum absolute atomic E-state index is 0.621. The molecule has 0 saturated carbocycles. The number of thiazole rings is 1. The van der Waals surface area contributed by atoms with Crippen molar-refractivity contribution in [2.24, 2.45) is 0 Å². The Labute approximate surface area is 189 Å². The van der Waals surface area contributed by atoms with Gasteiger partial charge in [0, 0.05) is 22.4 Å². The van der Waals surface area contributed by atoms with E-state index in [-0.39, 0.29) is 0 Å². The lowest BCUT2D eigenvalue weighted by molar-refractivity contribution is 1.46. The summed E-state index contributed by atoms with van der Waals surface area (Å²) in [5.41, 5.74) is 14.0. The van der Waals surface area contributed by atoms with Gasteiger partial charge in [-0.2, -0.15) is 10.5 Å². The van der Waals surface area contributed by atoms with Crippen molar-refractivity contribution in [3.63, 3.8) is 0 Å². The number of fused-ring (bicyclic) bond motifs is 1. The topological polar surface area (TPSA) is 86.5 Å². The highest BCUT2D eigenvalue weighted by Crippen LogP contribution is 2.42. The molecule has 0 spiro atoms. The van der Waals surface area contributed by atoms with Crippen molar-refractivity contribution in [1.29, 1.82) is 10.5 Å². The lowest BCUT2D eigenvalue weighted by Crippen LogP contribution is -1.88. The highest BCUT2D eigenvalue weighted by Gasteiger charge is 2.17. The largest absolute Gasteiger partial charge is 0.398 e. The van der Waals surface area contributed by atoms with Gasteiger partial charge in [0.1, 0.15) is 5.01 Å². The number of rotatable bonds is 3. The number of benzene rings is 4. The van der Waals surface area contributed by atoms with E-state index in [0.717, 1.165) is 43.0 Å². The summed E-state index contributed by atoms with van der Waals surface area (Å²) < 4.78 is 1.05. The SMILES string of the molecule is N#Cc1ccc(-c2ccc(-c3ccc(C#N)cc3)c3sc(-c4ccccc4N)nc23)cc1. The number of nitriles is 2. The van der Waals surface area contributed by atoms with Crippen LogP contribution in [0.1, 0.15) is 11.1 Å². The Morgan fingerprint density at radius 3 is 1.81 bits per heavy atom. The molecule has 0 atom stereocenters. The maximum atomic E-state index is 9.14. The second-order valence-electron chi connectivity index (χ2n) is 7.32. The molecule has 0 unspecified atom stereocenters. The lowest BCUT2D eigenvalue weighted by atomic mass is 9.98. The van der Waals surface area contributed by atoms with Gasteiger partial charge in [-0.05, 0) is 47.5 Å². The first-order valence-corrected chi connectivity index (χ1v) is 10.8. The zero-order valence-electron chi connectivity index (χ0n) is 16.9.